The van der Waals surface area contributed by atoms with Gasteiger partial charge >= 0.3 is 0 Å². The molecule has 1 aromatic carbocycles. The number of carbonyl (C=O) groups is 1. The zero-order valence-electron chi connectivity index (χ0n) is 12.0. The van der Waals surface area contributed by atoms with Gasteiger partial charge in [-0.05, 0) is 30.7 Å². The standard InChI is InChI=1S/C17H24OS/c1-3-14-7-9-15(10-8-14)17(18)12-19-16-6-4-5-13(2)11-16/h7-10,13,16H,3-6,11-12H2,1-2H3. The van der Waals surface area contributed by atoms with Crippen LogP contribution in [0.1, 0.15) is 55.5 Å². The molecule has 1 fully saturated rings. The minimum absolute atomic E-state index is 0.283. The topological polar surface area (TPSA) is 17.1 Å². The van der Waals surface area contributed by atoms with Gasteiger partial charge in [-0.1, -0.05) is 51.0 Å². The van der Waals surface area contributed by atoms with Gasteiger partial charge in [0.05, 0.1) is 5.75 Å². The van der Waals surface area contributed by atoms with Gasteiger partial charge in [0, 0.05) is 10.8 Å². The smallest absolute Gasteiger partial charge is 0.172 e. The summed E-state index contributed by atoms with van der Waals surface area (Å²) >= 11 is 1.86. The third kappa shape index (κ3) is 4.38. The zero-order chi connectivity index (χ0) is 13.7. The highest BCUT2D eigenvalue weighted by Crippen LogP contribution is 2.32. The molecule has 0 N–H and O–H groups in total. The summed E-state index contributed by atoms with van der Waals surface area (Å²) in [7, 11) is 0. The number of thioether (sulfide) groups is 1. The van der Waals surface area contributed by atoms with Crippen LogP contribution in [0.25, 0.3) is 0 Å². The van der Waals surface area contributed by atoms with Crippen molar-refractivity contribution in [3.63, 3.8) is 0 Å². The first-order chi connectivity index (χ1) is 9.19. The number of benzene rings is 1. The van der Waals surface area contributed by atoms with E-state index < -0.39 is 0 Å². The lowest BCUT2D eigenvalue weighted by atomic mass is 9.91. The molecule has 2 atom stereocenters. The molecule has 1 aliphatic rings. The van der Waals surface area contributed by atoms with E-state index in [1.165, 1.54) is 31.2 Å². The van der Waals surface area contributed by atoms with Crippen LogP contribution in [-0.2, 0) is 6.42 Å². The molecule has 19 heavy (non-hydrogen) atoms. The number of ketones is 1. The molecule has 0 bridgehead atoms. The summed E-state index contributed by atoms with van der Waals surface area (Å²) in [4.78, 5) is 12.1. The van der Waals surface area contributed by atoms with Gasteiger partial charge < -0.3 is 0 Å². The summed E-state index contributed by atoms with van der Waals surface area (Å²) in [6.45, 7) is 4.47. The van der Waals surface area contributed by atoms with Gasteiger partial charge in [-0.3, -0.25) is 4.79 Å². The van der Waals surface area contributed by atoms with E-state index in [1.54, 1.807) is 0 Å². The summed E-state index contributed by atoms with van der Waals surface area (Å²) < 4.78 is 0. The number of rotatable bonds is 5. The van der Waals surface area contributed by atoms with E-state index in [1.807, 2.05) is 23.9 Å². The summed E-state index contributed by atoms with van der Waals surface area (Å²) in [6, 6.07) is 8.09. The van der Waals surface area contributed by atoms with Gasteiger partial charge in [0.1, 0.15) is 0 Å². The molecule has 0 spiro atoms. The van der Waals surface area contributed by atoms with Crippen molar-refractivity contribution in [3.8, 4) is 0 Å². The Morgan fingerprint density at radius 3 is 2.63 bits per heavy atom. The Bertz CT molecular complexity index is 410. The molecule has 1 nitrogen and oxygen atoms in total. The largest absolute Gasteiger partial charge is 0.293 e. The van der Waals surface area contributed by atoms with Crippen LogP contribution in [-0.4, -0.2) is 16.8 Å². The van der Waals surface area contributed by atoms with Crippen LogP contribution in [0.5, 0.6) is 0 Å². The number of hydrogen-bond acceptors (Lipinski definition) is 2. The highest BCUT2D eigenvalue weighted by molar-refractivity contribution is 8.00. The molecule has 2 rings (SSSR count). The monoisotopic (exact) mass is 276 g/mol. The summed E-state index contributed by atoms with van der Waals surface area (Å²) in [5.74, 6) is 1.76. The van der Waals surface area contributed by atoms with Crippen LogP contribution < -0.4 is 0 Å². The summed E-state index contributed by atoms with van der Waals surface area (Å²) in [5.41, 5.74) is 2.17. The number of hydrogen-bond donors (Lipinski definition) is 0. The zero-order valence-corrected chi connectivity index (χ0v) is 12.8. The predicted octanol–water partition coefficient (Wildman–Crippen LogP) is 4.74. The van der Waals surface area contributed by atoms with Crippen molar-refractivity contribution in [2.24, 2.45) is 5.92 Å². The highest BCUT2D eigenvalue weighted by atomic mass is 32.2. The van der Waals surface area contributed by atoms with Gasteiger partial charge in [0.25, 0.3) is 0 Å². The van der Waals surface area contributed by atoms with Gasteiger partial charge in [0.15, 0.2) is 5.78 Å². The Labute approximate surface area is 121 Å². The normalized spacial score (nSPS) is 23.3. The maximum atomic E-state index is 12.1. The fourth-order valence-electron chi connectivity index (χ4n) is 2.73. The van der Waals surface area contributed by atoms with E-state index >= 15 is 0 Å². The lowest BCUT2D eigenvalue weighted by Crippen LogP contribution is -2.17. The van der Waals surface area contributed by atoms with Gasteiger partial charge in [-0.2, -0.15) is 11.8 Å². The average molecular weight is 276 g/mol. The Hall–Kier alpha value is -0.760. The number of carbonyl (C=O) groups excluding carboxylic acids is 1. The molecule has 0 heterocycles. The second-order valence-corrected chi connectivity index (χ2v) is 6.97. The van der Waals surface area contributed by atoms with Crippen LogP contribution in [0.15, 0.2) is 24.3 Å². The molecule has 0 radical (unpaired) electrons. The summed E-state index contributed by atoms with van der Waals surface area (Å²) in [5, 5.41) is 0.697. The van der Waals surface area contributed by atoms with E-state index in [0.29, 0.717) is 11.0 Å². The molecule has 1 aliphatic carbocycles. The van der Waals surface area contributed by atoms with Crippen molar-refractivity contribution in [1.82, 2.24) is 0 Å². The molecular formula is C17H24OS. The number of Topliss-reactive ketones (excluding diaryl/α,β-unsaturated/α-hetero) is 1. The van der Waals surface area contributed by atoms with Crippen LogP contribution >= 0.6 is 11.8 Å². The van der Waals surface area contributed by atoms with Crippen LogP contribution in [0, 0.1) is 5.92 Å². The predicted molar refractivity (Wildman–Crippen MR) is 84.0 cm³/mol. The second kappa shape index (κ2) is 7.14. The molecule has 1 aromatic rings. The second-order valence-electron chi connectivity index (χ2n) is 5.68. The van der Waals surface area contributed by atoms with E-state index in [4.69, 9.17) is 0 Å². The van der Waals surface area contributed by atoms with Gasteiger partial charge in [-0.25, -0.2) is 0 Å². The van der Waals surface area contributed by atoms with Crippen molar-refractivity contribution in [2.45, 2.75) is 51.2 Å². The summed E-state index contributed by atoms with van der Waals surface area (Å²) in [6.07, 6.45) is 6.30. The van der Waals surface area contributed by atoms with E-state index in [2.05, 4.69) is 26.0 Å². The van der Waals surface area contributed by atoms with Crippen molar-refractivity contribution < 1.29 is 4.79 Å². The minimum atomic E-state index is 0.283. The molecule has 0 aromatic heterocycles. The first-order valence-corrected chi connectivity index (χ1v) is 8.47. The quantitative estimate of drug-likeness (QED) is 0.722. The molecule has 2 heteroatoms. The molecule has 1 saturated carbocycles. The van der Waals surface area contributed by atoms with Crippen molar-refractivity contribution >= 4 is 17.5 Å². The van der Waals surface area contributed by atoms with E-state index in [9.17, 15) is 4.79 Å². The molecule has 0 saturated heterocycles. The van der Waals surface area contributed by atoms with Crippen molar-refractivity contribution in [3.05, 3.63) is 35.4 Å². The first-order valence-electron chi connectivity index (χ1n) is 7.42. The first kappa shape index (κ1) is 14.6. The lowest BCUT2D eigenvalue weighted by Gasteiger charge is -2.25. The van der Waals surface area contributed by atoms with E-state index in [0.717, 1.165) is 17.9 Å². The fraction of sp³-hybridized carbons (Fsp3) is 0.588. The average Bonchev–Trinajstić information content (AvgIpc) is 2.45. The molecule has 0 aliphatic heterocycles. The number of aryl methyl sites for hydroxylation is 1. The Balaban J connectivity index is 1.83. The third-order valence-corrected chi connectivity index (χ3v) is 5.35. The lowest BCUT2D eigenvalue weighted by molar-refractivity contribution is 0.102. The van der Waals surface area contributed by atoms with Crippen molar-refractivity contribution in [2.75, 3.05) is 5.75 Å². The van der Waals surface area contributed by atoms with Crippen LogP contribution in [0.2, 0.25) is 0 Å². The van der Waals surface area contributed by atoms with Gasteiger partial charge in [0.2, 0.25) is 0 Å². The van der Waals surface area contributed by atoms with Crippen molar-refractivity contribution in [1.29, 1.82) is 0 Å². The maximum Gasteiger partial charge on any atom is 0.172 e. The minimum Gasteiger partial charge on any atom is -0.293 e. The molecule has 104 valence electrons. The van der Waals surface area contributed by atoms with Gasteiger partial charge in [-0.15, -0.1) is 0 Å². The Kier molecular flexibility index (Phi) is 5.50. The Morgan fingerprint density at radius 2 is 2.00 bits per heavy atom. The van der Waals surface area contributed by atoms with Crippen LogP contribution in [0.3, 0.4) is 0 Å². The fourth-order valence-corrected chi connectivity index (χ4v) is 4.08. The molecular weight excluding hydrogens is 252 g/mol. The molecule has 0 amide bonds. The third-order valence-electron chi connectivity index (χ3n) is 4.02. The van der Waals surface area contributed by atoms with Crippen LogP contribution in [0.4, 0.5) is 0 Å². The SMILES string of the molecule is CCc1ccc(C(=O)CSC2CCCC(C)C2)cc1. The highest BCUT2D eigenvalue weighted by Gasteiger charge is 2.20. The van der Waals surface area contributed by atoms with E-state index in [-0.39, 0.29) is 5.78 Å². The maximum absolute atomic E-state index is 12.1. The molecule has 2 unspecified atom stereocenters. The Morgan fingerprint density at radius 1 is 1.26 bits per heavy atom.